The van der Waals surface area contributed by atoms with Crippen molar-refractivity contribution in [2.75, 3.05) is 13.2 Å². The Kier molecular flexibility index (Phi) is 2.80. The van der Waals surface area contributed by atoms with Gasteiger partial charge in [-0.25, -0.2) is 0 Å². The molecule has 2 rings (SSSR count). The lowest BCUT2D eigenvalue weighted by molar-refractivity contribution is -0.183. The van der Waals surface area contributed by atoms with Crippen molar-refractivity contribution >= 4 is 11.6 Å². The van der Waals surface area contributed by atoms with Crippen LogP contribution < -0.4 is 0 Å². The van der Waals surface area contributed by atoms with Crippen molar-refractivity contribution in [3.05, 3.63) is 0 Å². The second-order valence-corrected chi connectivity index (χ2v) is 5.77. The van der Waals surface area contributed by atoms with Gasteiger partial charge in [-0.1, -0.05) is 0 Å². The van der Waals surface area contributed by atoms with Crippen molar-refractivity contribution in [1.82, 2.24) is 0 Å². The van der Waals surface area contributed by atoms with E-state index >= 15 is 0 Å². The highest BCUT2D eigenvalue weighted by atomic mass is 35.5. The normalized spacial score (nSPS) is 42.6. The van der Waals surface area contributed by atoms with E-state index < -0.39 is 0 Å². The highest BCUT2D eigenvalue weighted by Gasteiger charge is 2.44. The third-order valence-electron chi connectivity index (χ3n) is 3.23. The lowest BCUT2D eigenvalue weighted by Gasteiger charge is -2.47. The van der Waals surface area contributed by atoms with Crippen LogP contribution in [0.4, 0.5) is 0 Å². The van der Waals surface area contributed by atoms with Crippen LogP contribution in [0.2, 0.25) is 0 Å². The van der Waals surface area contributed by atoms with E-state index in [-0.39, 0.29) is 16.6 Å². The molecule has 0 N–H and O–H groups in total. The summed E-state index contributed by atoms with van der Waals surface area (Å²) in [5.74, 6) is 0. The topological polar surface area (TPSA) is 18.5 Å². The third-order valence-corrected chi connectivity index (χ3v) is 3.60. The van der Waals surface area contributed by atoms with Crippen LogP contribution in [0.5, 0.6) is 0 Å². The summed E-state index contributed by atoms with van der Waals surface area (Å²) in [6.45, 7) is 5.88. The van der Waals surface area contributed by atoms with Gasteiger partial charge in [0.05, 0.1) is 17.8 Å². The lowest BCUT2D eigenvalue weighted by atomic mass is 9.79. The molecular formula is C11H19ClO2. The SMILES string of the molecule is CC1(C)CC2(CCO1)CC(Cl)CCO2. The Balaban J connectivity index is 2.06. The molecule has 2 saturated heterocycles. The number of hydrogen-bond acceptors (Lipinski definition) is 2. The Morgan fingerprint density at radius 3 is 2.64 bits per heavy atom. The lowest BCUT2D eigenvalue weighted by Crippen LogP contribution is -2.51. The Hall–Kier alpha value is 0.210. The Labute approximate surface area is 90.9 Å². The molecule has 0 saturated carbocycles. The fraction of sp³-hybridized carbons (Fsp3) is 1.00. The van der Waals surface area contributed by atoms with E-state index in [1.165, 1.54) is 0 Å². The number of rotatable bonds is 0. The molecule has 0 aromatic carbocycles. The second kappa shape index (κ2) is 3.66. The summed E-state index contributed by atoms with van der Waals surface area (Å²) in [6, 6.07) is 0. The number of hydrogen-bond donors (Lipinski definition) is 0. The van der Waals surface area contributed by atoms with Crippen molar-refractivity contribution in [1.29, 1.82) is 0 Å². The molecule has 14 heavy (non-hydrogen) atoms. The van der Waals surface area contributed by atoms with Crippen molar-refractivity contribution < 1.29 is 9.47 Å². The van der Waals surface area contributed by atoms with Crippen molar-refractivity contribution in [3.8, 4) is 0 Å². The van der Waals surface area contributed by atoms with Gasteiger partial charge in [-0.2, -0.15) is 0 Å². The quantitative estimate of drug-likeness (QED) is 0.582. The van der Waals surface area contributed by atoms with Gasteiger partial charge in [0.2, 0.25) is 0 Å². The summed E-state index contributed by atoms with van der Waals surface area (Å²) < 4.78 is 11.7. The van der Waals surface area contributed by atoms with Crippen LogP contribution in [0.15, 0.2) is 0 Å². The van der Waals surface area contributed by atoms with E-state index in [1.807, 2.05) is 0 Å². The fourth-order valence-corrected chi connectivity index (χ4v) is 3.06. The third kappa shape index (κ3) is 2.23. The van der Waals surface area contributed by atoms with Gasteiger partial charge in [-0.3, -0.25) is 0 Å². The van der Waals surface area contributed by atoms with Gasteiger partial charge in [0.15, 0.2) is 0 Å². The standard InChI is InChI=1S/C11H19ClO2/c1-10(2)8-11(4-6-13-10)7-9(12)3-5-14-11/h9H,3-8H2,1-2H3. The summed E-state index contributed by atoms with van der Waals surface area (Å²) >= 11 is 6.21. The zero-order valence-electron chi connectivity index (χ0n) is 9.01. The van der Waals surface area contributed by atoms with Gasteiger partial charge in [-0.05, 0) is 33.1 Å². The van der Waals surface area contributed by atoms with Gasteiger partial charge in [0.1, 0.15) is 0 Å². The van der Waals surface area contributed by atoms with Crippen LogP contribution in [-0.2, 0) is 9.47 Å². The number of alkyl halides is 1. The molecule has 2 fully saturated rings. The highest BCUT2D eigenvalue weighted by molar-refractivity contribution is 6.20. The van der Waals surface area contributed by atoms with E-state index in [0.717, 1.165) is 38.9 Å². The van der Waals surface area contributed by atoms with Crippen LogP contribution >= 0.6 is 11.6 Å². The first-order valence-electron chi connectivity index (χ1n) is 5.43. The molecule has 0 aliphatic carbocycles. The molecule has 0 radical (unpaired) electrons. The number of ether oxygens (including phenoxy) is 2. The zero-order valence-corrected chi connectivity index (χ0v) is 9.77. The van der Waals surface area contributed by atoms with E-state index in [2.05, 4.69) is 13.8 Å². The van der Waals surface area contributed by atoms with Crippen molar-refractivity contribution in [2.24, 2.45) is 0 Å². The van der Waals surface area contributed by atoms with Gasteiger partial charge < -0.3 is 9.47 Å². The first-order chi connectivity index (χ1) is 6.52. The molecule has 2 aliphatic heterocycles. The van der Waals surface area contributed by atoms with Gasteiger partial charge in [0, 0.05) is 18.4 Å². The van der Waals surface area contributed by atoms with Crippen molar-refractivity contribution in [3.63, 3.8) is 0 Å². The fourth-order valence-electron chi connectivity index (χ4n) is 2.69. The largest absolute Gasteiger partial charge is 0.375 e. The minimum Gasteiger partial charge on any atom is -0.375 e. The Morgan fingerprint density at radius 2 is 2.00 bits per heavy atom. The van der Waals surface area contributed by atoms with Crippen LogP contribution in [0.25, 0.3) is 0 Å². The molecule has 2 atom stereocenters. The van der Waals surface area contributed by atoms with E-state index in [1.54, 1.807) is 0 Å². The average Bonchev–Trinajstić information content (AvgIpc) is 2.00. The molecule has 2 heterocycles. The monoisotopic (exact) mass is 218 g/mol. The maximum absolute atomic E-state index is 6.21. The van der Waals surface area contributed by atoms with Gasteiger partial charge in [-0.15, -0.1) is 11.6 Å². The van der Waals surface area contributed by atoms with Crippen LogP contribution in [0.3, 0.4) is 0 Å². The molecule has 0 aromatic heterocycles. The molecule has 2 unspecified atom stereocenters. The summed E-state index contributed by atoms with van der Waals surface area (Å²) in [5, 5.41) is 0.289. The minimum absolute atomic E-state index is 0.00637. The first-order valence-corrected chi connectivity index (χ1v) is 5.87. The summed E-state index contributed by atoms with van der Waals surface area (Å²) in [5.41, 5.74) is -0.0430. The first kappa shape index (κ1) is 10.7. The Bertz CT molecular complexity index is 213. The smallest absolute Gasteiger partial charge is 0.0745 e. The van der Waals surface area contributed by atoms with Crippen LogP contribution in [0.1, 0.15) is 39.5 Å². The maximum atomic E-state index is 6.21. The summed E-state index contributed by atoms with van der Waals surface area (Å²) in [7, 11) is 0. The second-order valence-electron chi connectivity index (χ2n) is 5.16. The average molecular weight is 219 g/mol. The minimum atomic E-state index is -0.0494. The maximum Gasteiger partial charge on any atom is 0.0745 e. The van der Waals surface area contributed by atoms with E-state index in [0.29, 0.717) is 0 Å². The molecule has 3 heteroatoms. The van der Waals surface area contributed by atoms with E-state index in [4.69, 9.17) is 21.1 Å². The molecule has 0 aromatic rings. The van der Waals surface area contributed by atoms with Crippen LogP contribution in [0, 0.1) is 0 Å². The molecule has 0 bridgehead atoms. The predicted octanol–water partition coefficient (Wildman–Crippen LogP) is 2.73. The molecular weight excluding hydrogens is 200 g/mol. The Morgan fingerprint density at radius 1 is 1.21 bits per heavy atom. The predicted molar refractivity (Wildman–Crippen MR) is 56.8 cm³/mol. The molecule has 2 aliphatic rings. The molecule has 2 nitrogen and oxygen atoms in total. The van der Waals surface area contributed by atoms with Crippen LogP contribution in [-0.4, -0.2) is 29.8 Å². The molecule has 82 valence electrons. The summed E-state index contributed by atoms with van der Waals surface area (Å²) in [4.78, 5) is 0. The van der Waals surface area contributed by atoms with Crippen molar-refractivity contribution in [2.45, 2.75) is 56.1 Å². The highest BCUT2D eigenvalue weighted by Crippen LogP contribution is 2.41. The van der Waals surface area contributed by atoms with E-state index in [9.17, 15) is 0 Å². The molecule has 0 amide bonds. The molecule has 1 spiro atoms. The zero-order chi connectivity index (χ0) is 10.2. The van der Waals surface area contributed by atoms with Gasteiger partial charge >= 0.3 is 0 Å². The summed E-state index contributed by atoms with van der Waals surface area (Å²) in [6.07, 6.45) is 3.95. The van der Waals surface area contributed by atoms with Gasteiger partial charge in [0.25, 0.3) is 0 Å². The number of halogens is 1.